The second-order valence-corrected chi connectivity index (χ2v) is 5.18. The molecule has 0 amide bonds. The van der Waals surface area contributed by atoms with Gasteiger partial charge >= 0.3 is 6.01 Å². The van der Waals surface area contributed by atoms with Gasteiger partial charge in [0.15, 0.2) is 0 Å². The highest BCUT2D eigenvalue weighted by Crippen LogP contribution is 2.25. The van der Waals surface area contributed by atoms with Crippen LogP contribution >= 0.6 is 15.9 Å². The lowest BCUT2D eigenvalue weighted by Gasteiger charge is -2.20. The maximum Gasteiger partial charge on any atom is 0.319 e. The SMILES string of the molecule is COc1nc(OCC2CCCCC2)ncc1Br. The minimum Gasteiger partial charge on any atom is -0.480 e. The van der Waals surface area contributed by atoms with Crippen molar-refractivity contribution in [2.45, 2.75) is 32.1 Å². The largest absolute Gasteiger partial charge is 0.480 e. The molecule has 0 radical (unpaired) electrons. The third-order valence-corrected chi connectivity index (χ3v) is 3.60. The predicted molar refractivity (Wildman–Crippen MR) is 68.4 cm³/mol. The van der Waals surface area contributed by atoms with Crippen molar-refractivity contribution < 1.29 is 9.47 Å². The summed E-state index contributed by atoms with van der Waals surface area (Å²) in [6.07, 6.45) is 8.17. The average Bonchev–Trinajstić information content (AvgIpc) is 2.39. The summed E-state index contributed by atoms with van der Waals surface area (Å²) in [6, 6.07) is 0.399. The topological polar surface area (TPSA) is 44.2 Å². The zero-order valence-electron chi connectivity index (χ0n) is 9.99. The van der Waals surface area contributed by atoms with Gasteiger partial charge in [0, 0.05) is 0 Å². The molecule has 94 valence electrons. The van der Waals surface area contributed by atoms with Crippen LogP contribution in [0.3, 0.4) is 0 Å². The molecule has 1 fully saturated rings. The number of ether oxygens (including phenoxy) is 2. The number of aromatic nitrogens is 2. The number of nitrogens with zero attached hydrogens (tertiary/aromatic N) is 2. The van der Waals surface area contributed by atoms with Crippen LogP contribution in [0.4, 0.5) is 0 Å². The van der Waals surface area contributed by atoms with Crippen LogP contribution in [0.2, 0.25) is 0 Å². The fraction of sp³-hybridized carbons (Fsp3) is 0.667. The molecule has 0 aliphatic heterocycles. The number of halogens is 1. The summed E-state index contributed by atoms with van der Waals surface area (Å²) in [4.78, 5) is 8.28. The van der Waals surface area contributed by atoms with E-state index in [-0.39, 0.29) is 0 Å². The van der Waals surface area contributed by atoms with Gasteiger partial charge in [-0.2, -0.15) is 4.98 Å². The van der Waals surface area contributed by atoms with E-state index < -0.39 is 0 Å². The van der Waals surface area contributed by atoms with Crippen LogP contribution in [0, 0.1) is 5.92 Å². The summed E-state index contributed by atoms with van der Waals surface area (Å²) < 4.78 is 11.5. The van der Waals surface area contributed by atoms with Gasteiger partial charge in [0.25, 0.3) is 0 Å². The molecule has 0 bridgehead atoms. The summed E-state index contributed by atoms with van der Waals surface area (Å²) in [6.45, 7) is 0.713. The molecule has 5 heteroatoms. The molecule has 1 saturated carbocycles. The number of hydrogen-bond donors (Lipinski definition) is 0. The number of hydrogen-bond acceptors (Lipinski definition) is 4. The summed E-state index contributed by atoms with van der Waals surface area (Å²) in [7, 11) is 1.58. The maximum atomic E-state index is 5.62. The van der Waals surface area contributed by atoms with Crippen LogP contribution < -0.4 is 9.47 Å². The lowest BCUT2D eigenvalue weighted by molar-refractivity contribution is 0.194. The number of methoxy groups -OCH3 is 1. The molecule has 0 atom stereocenters. The van der Waals surface area contributed by atoms with Gasteiger partial charge in [-0.25, -0.2) is 4.98 Å². The zero-order valence-corrected chi connectivity index (χ0v) is 11.6. The van der Waals surface area contributed by atoms with Crippen molar-refractivity contribution >= 4 is 15.9 Å². The molecule has 1 aromatic rings. The van der Waals surface area contributed by atoms with Crippen LogP contribution in [0.15, 0.2) is 10.7 Å². The van der Waals surface area contributed by atoms with Gasteiger partial charge in [-0.3, -0.25) is 0 Å². The lowest BCUT2D eigenvalue weighted by atomic mass is 9.90. The lowest BCUT2D eigenvalue weighted by Crippen LogP contribution is -2.16. The first kappa shape index (κ1) is 12.6. The molecule has 0 N–H and O–H groups in total. The Balaban J connectivity index is 1.89. The molecular weight excluding hydrogens is 284 g/mol. The van der Waals surface area contributed by atoms with Crippen LogP contribution in [0.1, 0.15) is 32.1 Å². The maximum absolute atomic E-state index is 5.62. The Morgan fingerprint density at radius 3 is 2.82 bits per heavy atom. The van der Waals surface area contributed by atoms with Crippen molar-refractivity contribution in [2.24, 2.45) is 5.92 Å². The number of rotatable bonds is 4. The van der Waals surface area contributed by atoms with E-state index in [9.17, 15) is 0 Å². The molecule has 17 heavy (non-hydrogen) atoms. The molecule has 0 spiro atoms. The van der Waals surface area contributed by atoms with Gasteiger partial charge in [-0.15, -0.1) is 0 Å². The second kappa shape index (κ2) is 6.19. The molecule has 0 aromatic carbocycles. The molecule has 1 aliphatic rings. The van der Waals surface area contributed by atoms with Crippen molar-refractivity contribution in [3.8, 4) is 11.9 Å². The molecule has 0 saturated heterocycles. The fourth-order valence-corrected chi connectivity index (χ4v) is 2.45. The van der Waals surface area contributed by atoms with Crippen LogP contribution in [-0.2, 0) is 0 Å². The highest BCUT2D eigenvalue weighted by Gasteiger charge is 2.15. The first-order valence-corrected chi connectivity index (χ1v) is 6.78. The highest BCUT2D eigenvalue weighted by molar-refractivity contribution is 9.10. The van der Waals surface area contributed by atoms with Crippen molar-refractivity contribution in [3.05, 3.63) is 10.7 Å². The van der Waals surface area contributed by atoms with Gasteiger partial charge in [0.05, 0.1) is 24.4 Å². The quantitative estimate of drug-likeness (QED) is 0.856. The average molecular weight is 301 g/mol. The van der Waals surface area contributed by atoms with Gasteiger partial charge in [0.1, 0.15) is 0 Å². The Bertz CT molecular complexity index is 368. The molecule has 2 rings (SSSR count). The van der Waals surface area contributed by atoms with Crippen molar-refractivity contribution in [1.29, 1.82) is 0 Å². The molecule has 1 aromatic heterocycles. The third kappa shape index (κ3) is 3.56. The van der Waals surface area contributed by atoms with Gasteiger partial charge in [-0.05, 0) is 34.7 Å². The Kier molecular flexibility index (Phi) is 4.59. The monoisotopic (exact) mass is 300 g/mol. The summed E-state index contributed by atoms with van der Waals surface area (Å²) in [5, 5.41) is 0. The second-order valence-electron chi connectivity index (χ2n) is 4.32. The standard InChI is InChI=1S/C12H17BrN2O2/c1-16-11-10(13)7-14-12(15-11)17-8-9-5-3-2-4-6-9/h7,9H,2-6,8H2,1H3. The minimum absolute atomic E-state index is 0.399. The van der Waals surface area contributed by atoms with E-state index in [0.717, 1.165) is 4.47 Å². The Morgan fingerprint density at radius 1 is 1.35 bits per heavy atom. The zero-order chi connectivity index (χ0) is 12.1. The molecule has 0 unspecified atom stereocenters. The first-order chi connectivity index (χ1) is 8.29. The summed E-state index contributed by atoms with van der Waals surface area (Å²) >= 11 is 3.31. The summed E-state index contributed by atoms with van der Waals surface area (Å²) in [5.74, 6) is 1.17. The van der Waals surface area contributed by atoms with E-state index in [1.54, 1.807) is 13.3 Å². The van der Waals surface area contributed by atoms with Gasteiger partial charge in [-0.1, -0.05) is 19.3 Å². The van der Waals surface area contributed by atoms with Crippen molar-refractivity contribution in [1.82, 2.24) is 9.97 Å². The van der Waals surface area contributed by atoms with E-state index in [4.69, 9.17) is 9.47 Å². The van der Waals surface area contributed by atoms with Crippen LogP contribution in [-0.4, -0.2) is 23.7 Å². The third-order valence-electron chi connectivity index (χ3n) is 3.06. The minimum atomic E-state index is 0.399. The van der Waals surface area contributed by atoms with Crippen LogP contribution in [0.25, 0.3) is 0 Å². The first-order valence-electron chi connectivity index (χ1n) is 5.99. The fourth-order valence-electron chi connectivity index (χ4n) is 2.10. The Hall–Kier alpha value is -0.840. The Morgan fingerprint density at radius 2 is 2.12 bits per heavy atom. The molecular formula is C12H17BrN2O2. The van der Waals surface area contributed by atoms with Gasteiger partial charge < -0.3 is 9.47 Å². The van der Waals surface area contributed by atoms with Gasteiger partial charge in [0.2, 0.25) is 5.88 Å². The molecule has 4 nitrogen and oxygen atoms in total. The van der Waals surface area contributed by atoms with E-state index in [1.165, 1.54) is 32.1 Å². The van der Waals surface area contributed by atoms with E-state index in [2.05, 4.69) is 25.9 Å². The van der Waals surface area contributed by atoms with E-state index in [0.29, 0.717) is 24.4 Å². The molecule has 1 aliphatic carbocycles. The van der Waals surface area contributed by atoms with Crippen molar-refractivity contribution in [3.63, 3.8) is 0 Å². The highest BCUT2D eigenvalue weighted by atomic mass is 79.9. The smallest absolute Gasteiger partial charge is 0.319 e. The summed E-state index contributed by atoms with van der Waals surface area (Å²) in [5.41, 5.74) is 0. The normalized spacial score (nSPS) is 16.8. The van der Waals surface area contributed by atoms with E-state index >= 15 is 0 Å². The predicted octanol–water partition coefficient (Wildman–Crippen LogP) is 3.21. The van der Waals surface area contributed by atoms with E-state index in [1.807, 2.05) is 0 Å². The Labute approximate surface area is 110 Å². The van der Waals surface area contributed by atoms with Crippen LogP contribution in [0.5, 0.6) is 11.9 Å². The molecule has 1 heterocycles. The van der Waals surface area contributed by atoms with Crippen molar-refractivity contribution in [2.75, 3.05) is 13.7 Å².